The Bertz CT molecular complexity index is 605. The Morgan fingerprint density at radius 2 is 2.25 bits per heavy atom. The minimum atomic E-state index is -3.92. The first-order valence-corrected chi connectivity index (χ1v) is 8.74. The second kappa shape index (κ2) is 6.27. The fourth-order valence-electron chi connectivity index (χ4n) is 2.06. The van der Waals surface area contributed by atoms with Crippen LogP contribution in [0.2, 0.25) is 0 Å². The number of halogens is 3. The fourth-order valence-corrected chi connectivity index (χ4v) is 4.42. The summed E-state index contributed by atoms with van der Waals surface area (Å²) in [6, 6.07) is 2.46. The van der Waals surface area contributed by atoms with E-state index in [1.807, 2.05) is 0 Å². The molecule has 1 saturated heterocycles. The zero-order chi connectivity index (χ0) is 14.9. The summed E-state index contributed by atoms with van der Waals surface area (Å²) in [6.45, 7) is 0.839. The molecule has 0 aromatic heterocycles. The van der Waals surface area contributed by atoms with Crippen molar-refractivity contribution >= 4 is 37.6 Å². The number of hydrogen-bond acceptors (Lipinski definition) is 3. The van der Waals surface area contributed by atoms with Crippen molar-refractivity contribution in [3.8, 4) is 0 Å². The first-order chi connectivity index (χ1) is 9.37. The smallest absolute Gasteiger partial charge is 0.246 e. The Kier molecular flexibility index (Phi) is 5.07. The van der Waals surface area contributed by atoms with Crippen molar-refractivity contribution in [2.45, 2.75) is 23.2 Å². The third-order valence-corrected chi connectivity index (χ3v) is 5.96. The third-order valence-electron chi connectivity index (χ3n) is 3.30. The molecule has 1 fully saturated rings. The molecule has 8 heteroatoms. The number of rotatable bonds is 4. The lowest BCUT2D eigenvalue weighted by molar-refractivity contribution is 0.180. The zero-order valence-electron chi connectivity index (χ0n) is 10.8. The van der Waals surface area contributed by atoms with Crippen molar-refractivity contribution in [2.24, 2.45) is 0 Å². The van der Waals surface area contributed by atoms with Gasteiger partial charge in [-0.2, -0.15) is 4.31 Å². The summed E-state index contributed by atoms with van der Waals surface area (Å²) in [4.78, 5) is -0.364. The Hall–Kier alpha value is -0.210. The molecule has 1 unspecified atom stereocenters. The van der Waals surface area contributed by atoms with Gasteiger partial charge < -0.3 is 4.74 Å². The van der Waals surface area contributed by atoms with Gasteiger partial charge in [0.1, 0.15) is 10.7 Å². The third kappa shape index (κ3) is 3.01. The van der Waals surface area contributed by atoms with Crippen LogP contribution >= 0.6 is 27.5 Å². The van der Waals surface area contributed by atoms with E-state index in [9.17, 15) is 12.8 Å². The second-order valence-corrected chi connectivity index (χ2v) is 7.70. The number of likely N-dealkylation sites (N-methyl/N-ethyl adjacent to an activating group) is 1. The highest BCUT2D eigenvalue weighted by molar-refractivity contribution is 9.10. The maximum absolute atomic E-state index is 14.3. The van der Waals surface area contributed by atoms with Crippen LogP contribution in [0.15, 0.2) is 21.5 Å². The predicted molar refractivity (Wildman–Crippen MR) is 77.8 cm³/mol. The molecule has 1 aliphatic rings. The van der Waals surface area contributed by atoms with Crippen LogP contribution in [0.1, 0.15) is 12.0 Å². The summed E-state index contributed by atoms with van der Waals surface area (Å²) in [5.41, 5.74) is 0.149. The summed E-state index contributed by atoms with van der Waals surface area (Å²) in [6.07, 6.45) is 0.605. The van der Waals surface area contributed by atoms with Crippen LogP contribution < -0.4 is 0 Å². The van der Waals surface area contributed by atoms with Crippen LogP contribution in [0.4, 0.5) is 4.39 Å². The number of benzene rings is 1. The van der Waals surface area contributed by atoms with E-state index >= 15 is 0 Å². The average molecular weight is 387 g/mol. The zero-order valence-corrected chi connectivity index (χ0v) is 13.9. The van der Waals surface area contributed by atoms with E-state index in [1.54, 1.807) is 0 Å². The van der Waals surface area contributed by atoms with Gasteiger partial charge in [0.25, 0.3) is 0 Å². The summed E-state index contributed by atoms with van der Waals surface area (Å²) in [7, 11) is -2.48. The largest absolute Gasteiger partial charge is 0.380 e. The molecular formula is C12H14BrClFNO3S. The maximum atomic E-state index is 14.3. The summed E-state index contributed by atoms with van der Waals surface area (Å²) in [5, 5.41) is 0. The van der Waals surface area contributed by atoms with Crippen molar-refractivity contribution in [3.05, 3.63) is 28.0 Å². The van der Waals surface area contributed by atoms with E-state index in [0.717, 1.165) is 0 Å². The van der Waals surface area contributed by atoms with Crippen molar-refractivity contribution in [1.82, 2.24) is 4.31 Å². The standard InChI is InChI=1S/C12H14BrClFNO3S/c1-16(10-2-3-19-7-10)20(17,18)11-5-9(13)4-8(6-14)12(11)15/h4-5,10H,2-3,6-7H2,1H3. The van der Waals surface area contributed by atoms with Gasteiger partial charge >= 0.3 is 0 Å². The molecule has 0 radical (unpaired) electrons. The van der Waals surface area contributed by atoms with E-state index in [1.165, 1.54) is 23.5 Å². The number of ether oxygens (including phenoxy) is 1. The first-order valence-electron chi connectivity index (χ1n) is 5.97. The van der Waals surface area contributed by atoms with Gasteiger partial charge in [-0.15, -0.1) is 11.6 Å². The molecule has 1 atom stereocenters. The molecule has 0 N–H and O–H groups in total. The van der Waals surface area contributed by atoms with Crippen molar-refractivity contribution in [3.63, 3.8) is 0 Å². The molecule has 0 aliphatic carbocycles. The average Bonchev–Trinajstić information content (AvgIpc) is 2.93. The van der Waals surface area contributed by atoms with E-state index < -0.39 is 15.8 Å². The van der Waals surface area contributed by atoms with Crippen molar-refractivity contribution < 1.29 is 17.5 Å². The minimum Gasteiger partial charge on any atom is -0.380 e. The molecule has 20 heavy (non-hydrogen) atoms. The predicted octanol–water partition coefficient (Wildman–Crippen LogP) is 2.74. The first kappa shape index (κ1) is 16.2. The van der Waals surface area contributed by atoms with Crippen LogP contribution in [0.3, 0.4) is 0 Å². The van der Waals surface area contributed by atoms with Gasteiger partial charge in [0.05, 0.1) is 18.5 Å². The Morgan fingerprint density at radius 3 is 2.80 bits per heavy atom. The van der Waals surface area contributed by atoms with Crippen LogP contribution in [0.25, 0.3) is 0 Å². The van der Waals surface area contributed by atoms with Gasteiger partial charge in [-0.05, 0) is 18.6 Å². The Morgan fingerprint density at radius 1 is 1.55 bits per heavy atom. The van der Waals surface area contributed by atoms with Gasteiger partial charge in [0.15, 0.2) is 0 Å². The topological polar surface area (TPSA) is 46.6 Å². The molecule has 1 heterocycles. The normalized spacial score (nSPS) is 19.8. The van der Waals surface area contributed by atoms with Crippen LogP contribution in [-0.4, -0.2) is 39.0 Å². The van der Waals surface area contributed by atoms with Gasteiger partial charge in [-0.1, -0.05) is 15.9 Å². The lowest BCUT2D eigenvalue weighted by Crippen LogP contribution is -2.37. The summed E-state index contributed by atoms with van der Waals surface area (Å²) < 4.78 is 46.1. The number of hydrogen-bond donors (Lipinski definition) is 0. The number of alkyl halides is 1. The molecule has 0 bridgehead atoms. The molecule has 0 saturated carbocycles. The Labute approximate surface area is 131 Å². The molecule has 1 aromatic carbocycles. The monoisotopic (exact) mass is 385 g/mol. The van der Waals surface area contributed by atoms with E-state index in [2.05, 4.69) is 15.9 Å². The SMILES string of the molecule is CN(C1CCOC1)S(=O)(=O)c1cc(Br)cc(CCl)c1F. The van der Waals surface area contributed by atoms with Gasteiger partial charge in [0.2, 0.25) is 10.0 Å². The lowest BCUT2D eigenvalue weighted by atomic mass is 10.2. The fraction of sp³-hybridized carbons (Fsp3) is 0.500. The molecular weight excluding hydrogens is 373 g/mol. The number of nitrogens with zero attached hydrogens (tertiary/aromatic N) is 1. The molecule has 1 aliphatic heterocycles. The van der Waals surface area contributed by atoms with Gasteiger partial charge in [-0.3, -0.25) is 0 Å². The Balaban J connectivity index is 2.45. The van der Waals surface area contributed by atoms with E-state index in [0.29, 0.717) is 24.1 Å². The van der Waals surface area contributed by atoms with Crippen LogP contribution in [-0.2, 0) is 20.6 Å². The molecule has 2 rings (SSSR count). The van der Waals surface area contributed by atoms with E-state index in [4.69, 9.17) is 16.3 Å². The minimum absolute atomic E-state index is 0.0932. The summed E-state index contributed by atoms with van der Waals surface area (Å²) in [5.74, 6) is -0.890. The second-order valence-electron chi connectivity index (χ2n) is 4.55. The van der Waals surface area contributed by atoms with Crippen LogP contribution in [0, 0.1) is 5.82 Å². The lowest BCUT2D eigenvalue weighted by Gasteiger charge is -2.23. The van der Waals surface area contributed by atoms with Crippen molar-refractivity contribution in [1.29, 1.82) is 0 Å². The maximum Gasteiger partial charge on any atom is 0.246 e. The molecule has 112 valence electrons. The molecule has 0 amide bonds. The highest BCUT2D eigenvalue weighted by Gasteiger charge is 2.33. The van der Waals surface area contributed by atoms with Crippen molar-refractivity contribution in [2.75, 3.05) is 20.3 Å². The van der Waals surface area contributed by atoms with Gasteiger partial charge in [0, 0.05) is 23.7 Å². The molecule has 4 nitrogen and oxygen atoms in total. The summed E-state index contributed by atoms with van der Waals surface area (Å²) >= 11 is 8.82. The van der Waals surface area contributed by atoms with E-state index in [-0.39, 0.29) is 22.4 Å². The molecule has 1 aromatic rings. The quantitative estimate of drug-likeness (QED) is 0.748. The molecule has 0 spiro atoms. The highest BCUT2D eigenvalue weighted by Crippen LogP contribution is 2.28. The van der Waals surface area contributed by atoms with Gasteiger partial charge in [-0.25, -0.2) is 12.8 Å². The number of sulfonamides is 1. The highest BCUT2D eigenvalue weighted by atomic mass is 79.9. The van der Waals surface area contributed by atoms with Crippen LogP contribution in [0.5, 0.6) is 0 Å².